The Kier molecular flexibility index (Phi) is 6.71. The normalized spacial score (nSPS) is 10.9. The number of nitrogens with zero attached hydrogens (tertiary/aromatic N) is 2. The summed E-state index contributed by atoms with van der Waals surface area (Å²) < 4.78 is 36.8. The summed E-state index contributed by atoms with van der Waals surface area (Å²) in [6.45, 7) is -0.665. The van der Waals surface area contributed by atoms with Gasteiger partial charge in [-0.15, -0.1) is 12.4 Å². The lowest BCUT2D eigenvalue weighted by atomic mass is 10.4. The van der Waals surface area contributed by atoms with Crippen LogP contribution in [0.2, 0.25) is 0 Å². The molecule has 0 atom stereocenters. The summed E-state index contributed by atoms with van der Waals surface area (Å²) in [5, 5.41) is 8.74. The molecule has 0 unspecified atom stereocenters. The van der Waals surface area contributed by atoms with Gasteiger partial charge in [0.2, 0.25) is 5.91 Å². The van der Waals surface area contributed by atoms with E-state index < -0.39 is 12.7 Å². The number of amides is 1. The molecule has 104 valence electrons. The first kappa shape index (κ1) is 16.7. The summed E-state index contributed by atoms with van der Waals surface area (Å²) in [4.78, 5) is 11.3. The largest absolute Gasteiger partial charge is 0.408 e. The van der Waals surface area contributed by atoms with E-state index in [0.29, 0.717) is 6.54 Å². The van der Waals surface area contributed by atoms with Crippen LogP contribution in [-0.4, -0.2) is 35.5 Å². The van der Waals surface area contributed by atoms with E-state index in [-0.39, 0.29) is 30.4 Å². The number of aromatic nitrogens is 2. The van der Waals surface area contributed by atoms with E-state index in [1.165, 1.54) is 6.20 Å². The van der Waals surface area contributed by atoms with Gasteiger partial charge in [-0.25, -0.2) is 0 Å². The summed E-state index contributed by atoms with van der Waals surface area (Å²) >= 11 is 0. The minimum Gasteiger partial charge on any atom is -0.323 e. The molecule has 0 aliphatic rings. The lowest BCUT2D eigenvalue weighted by Crippen LogP contribution is -2.19. The van der Waals surface area contributed by atoms with Crippen LogP contribution in [-0.2, 0) is 11.3 Å². The number of nitrogens with one attached hydrogen (secondary N) is 2. The van der Waals surface area contributed by atoms with Crippen LogP contribution in [0.15, 0.2) is 12.4 Å². The zero-order valence-corrected chi connectivity index (χ0v) is 10.4. The lowest BCUT2D eigenvalue weighted by Gasteiger charge is -2.05. The van der Waals surface area contributed by atoms with Gasteiger partial charge in [0, 0.05) is 19.2 Å². The van der Waals surface area contributed by atoms with Gasteiger partial charge in [0.15, 0.2) is 0 Å². The third kappa shape index (κ3) is 6.45. The van der Waals surface area contributed by atoms with Gasteiger partial charge in [-0.05, 0) is 7.05 Å². The fraction of sp³-hybridized carbons (Fsp3) is 0.556. The molecule has 0 saturated carbocycles. The maximum atomic E-state index is 12.0. The third-order valence-electron chi connectivity index (χ3n) is 1.86. The molecular formula is C9H14ClF3N4O. The number of hydrogen-bond acceptors (Lipinski definition) is 3. The Balaban J connectivity index is 0.00000289. The maximum Gasteiger partial charge on any atom is 0.408 e. The van der Waals surface area contributed by atoms with E-state index in [4.69, 9.17) is 0 Å². The first-order valence-corrected chi connectivity index (χ1v) is 4.94. The molecule has 1 heterocycles. The zero-order chi connectivity index (χ0) is 12.9. The van der Waals surface area contributed by atoms with E-state index in [1.54, 1.807) is 7.05 Å². The number of carbonyl (C=O) groups excluding carboxylic acids is 1. The second-order valence-electron chi connectivity index (χ2n) is 3.44. The Morgan fingerprint density at radius 2 is 2.17 bits per heavy atom. The van der Waals surface area contributed by atoms with E-state index >= 15 is 0 Å². The molecule has 9 heteroatoms. The summed E-state index contributed by atoms with van der Waals surface area (Å²) in [7, 11) is 1.70. The summed E-state index contributed by atoms with van der Waals surface area (Å²) in [5.74, 6) is -0.272. The Morgan fingerprint density at radius 3 is 2.72 bits per heavy atom. The van der Waals surface area contributed by atoms with Crippen molar-refractivity contribution < 1.29 is 18.0 Å². The van der Waals surface area contributed by atoms with E-state index in [1.807, 2.05) is 0 Å². The van der Waals surface area contributed by atoms with E-state index in [9.17, 15) is 18.0 Å². The minimum atomic E-state index is -4.32. The van der Waals surface area contributed by atoms with Crippen molar-refractivity contribution in [1.82, 2.24) is 15.1 Å². The Hall–Kier alpha value is -1.28. The molecule has 0 aliphatic carbocycles. The Morgan fingerprint density at radius 1 is 1.50 bits per heavy atom. The number of hydrogen-bond donors (Lipinski definition) is 2. The molecule has 0 aromatic carbocycles. The fourth-order valence-electron chi connectivity index (χ4n) is 1.16. The fourth-order valence-corrected chi connectivity index (χ4v) is 1.16. The molecule has 18 heavy (non-hydrogen) atoms. The van der Waals surface area contributed by atoms with Crippen LogP contribution < -0.4 is 10.6 Å². The van der Waals surface area contributed by atoms with Crippen molar-refractivity contribution in [2.45, 2.75) is 19.1 Å². The Labute approximate surface area is 108 Å². The van der Waals surface area contributed by atoms with Crippen molar-refractivity contribution >= 4 is 24.0 Å². The zero-order valence-electron chi connectivity index (χ0n) is 9.62. The molecule has 0 spiro atoms. The van der Waals surface area contributed by atoms with Crippen LogP contribution in [0.3, 0.4) is 0 Å². The molecule has 1 amide bonds. The highest BCUT2D eigenvalue weighted by Gasteiger charge is 2.28. The summed E-state index contributed by atoms with van der Waals surface area (Å²) in [5.41, 5.74) is 0.260. The summed E-state index contributed by atoms with van der Waals surface area (Å²) in [6, 6.07) is 0. The van der Waals surface area contributed by atoms with Gasteiger partial charge >= 0.3 is 6.18 Å². The van der Waals surface area contributed by atoms with Gasteiger partial charge in [-0.2, -0.15) is 18.3 Å². The van der Waals surface area contributed by atoms with Gasteiger partial charge < -0.3 is 10.6 Å². The smallest absolute Gasteiger partial charge is 0.323 e. The number of anilines is 1. The van der Waals surface area contributed by atoms with Gasteiger partial charge in [0.05, 0.1) is 11.9 Å². The quantitative estimate of drug-likeness (QED) is 0.860. The monoisotopic (exact) mass is 286 g/mol. The lowest BCUT2D eigenvalue weighted by molar-refractivity contribution is -0.142. The van der Waals surface area contributed by atoms with Crippen molar-refractivity contribution in [1.29, 1.82) is 0 Å². The highest BCUT2D eigenvalue weighted by molar-refractivity contribution is 5.90. The van der Waals surface area contributed by atoms with Crippen molar-refractivity contribution in [2.75, 3.05) is 18.9 Å². The van der Waals surface area contributed by atoms with Crippen molar-refractivity contribution in [3.8, 4) is 0 Å². The van der Waals surface area contributed by atoms with E-state index in [2.05, 4.69) is 15.7 Å². The van der Waals surface area contributed by atoms with Gasteiger partial charge in [0.25, 0.3) is 0 Å². The van der Waals surface area contributed by atoms with Crippen LogP contribution in [0.25, 0.3) is 0 Å². The molecular weight excluding hydrogens is 273 g/mol. The van der Waals surface area contributed by atoms with E-state index in [0.717, 1.165) is 10.9 Å². The SMILES string of the molecule is CNCCC(=O)Nc1cnn(CC(F)(F)F)c1.Cl. The van der Waals surface area contributed by atoms with Crippen LogP contribution >= 0.6 is 12.4 Å². The molecule has 0 saturated heterocycles. The van der Waals surface area contributed by atoms with Crippen LogP contribution in [0.5, 0.6) is 0 Å². The highest BCUT2D eigenvalue weighted by atomic mass is 35.5. The maximum absolute atomic E-state index is 12.0. The highest BCUT2D eigenvalue weighted by Crippen LogP contribution is 2.18. The van der Waals surface area contributed by atoms with Crippen molar-refractivity contribution in [3.05, 3.63) is 12.4 Å². The average Bonchev–Trinajstić information content (AvgIpc) is 2.59. The van der Waals surface area contributed by atoms with Gasteiger partial charge in [-0.1, -0.05) is 0 Å². The van der Waals surface area contributed by atoms with Crippen molar-refractivity contribution in [2.24, 2.45) is 0 Å². The average molecular weight is 287 g/mol. The topological polar surface area (TPSA) is 59.0 Å². The number of carbonyl (C=O) groups is 1. The second-order valence-corrected chi connectivity index (χ2v) is 3.44. The molecule has 0 radical (unpaired) electrons. The molecule has 0 fully saturated rings. The van der Waals surface area contributed by atoms with Gasteiger partial charge in [-0.3, -0.25) is 9.48 Å². The summed E-state index contributed by atoms with van der Waals surface area (Å²) in [6.07, 6.45) is -1.74. The minimum absolute atomic E-state index is 0. The van der Waals surface area contributed by atoms with Gasteiger partial charge in [0.1, 0.15) is 6.54 Å². The number of alkyl halides is 3. The standard InChI is InChI=1S/C9H13F3N4O.ClH/c1-13-3-2-8(17)15-7-4-14-16(5-7)6-9(10,11)12;/h4-5,13H,2-3,6H2,1H3,(H,15,17);1H. The number of rotatable bonds is 5. The second kappa shape index (κ2) is 7.22. The number of halogens is 4. The third-order valence-corrected chi connectivity index (χ3v) is 1.86. The van der Waals surface area contributed by atoms with Crippen molar-refractivity contribution in [3.63, 3.8) is 0 Å². The first-order valence-electron chi connectivity index (χ1n) is 4.94. The van der Waals surface area contributed by atoms with Crippen LogP contribution in [0.4, 0.5) is 18.9 Å². The molecule has 1 rings (SSSR count). The molecule has 0 aliphatic heterocycles. The predicted octanol–water partition coefficient (Wildman–Crippen LogP) is 1.42. The molecule has 1 aromatic rings. The predicted molar refractivity (Wildman–Crippen MR) is 62.7 cm³/mol. The first-order chi connectivity index (χ1) is 7.90. The molecule has 1 aromatic heterocycles. The van der Waals surface area contributed by atoms with Crippen LogP contribution in [0, 0.1) is 0 Å². The molecule has 5 nitrogen and oxygen atoms in total. The van der Waals surface area contributed by atoms with Crippen LogP contribution in [0.1, 0.15) is 6.42 Å². The molecule has 0 bridgehead atoms. The Bertz CT molecular complexity index is 380. The molecule has 2 N–H and O–H groups in total.